The topological polar surface area (TPSA) is 69.6 Å². The maximum Gasteiger partial charge on any atom is 0.317 e. The summed E-state index contributed by atoms with van der Waals surface area (Å²) < 4.78 is 0. The first-order valence-corrected chi connectivity index (χ1v) is 7.30. The number of urea groups is 1. The zero-order chi connectivity index (χ0) is 14.4. The molecule has 0 spiro atoms. The second-order valence-electron chi connectivity index (χ2n) is 5.41. The fourth-order valence-electron chi connectivity index (χ4n) is 2.80. The number of carbonyl (C=O) groups excluding carboxylic acids is 1. The van der Waals surface area contributed by atoms with Gasteiger partial charge in [-0.2, -0.15) is 0 Å². The van der Waals surface area contributed by atoms with E-state index in [1.54, 1.807) is 0 Å². The van der Waals surface area contributed by atoms with E-state index in [9.17, 15) is 9.59 Å². The Morgan fingerprint density at radius 1 is 1.37 bits per heavy atom. The molecular weight excluding hydrogens is 244 g/mol. The molecule has 1 aliphatic rings. The Bertz CT molecular complexity index is 320. The Labute approximate surface area is 115 Å². The molecule has 1 fully saturated rings. The molecule has 0 aliphatic carbocycles. The summed E-state index contributed by atoms with van der Waals surface area (Å²) in [5.74, 6) is -1.31. The molecule has 110 valence electrons. The predicted molar refractivity (Wildman–Crippen MR) is 74.0 cm³/mol. The number of nitrogens with one attached hydrogen (secondary N) is 1. The third kappa shape index (κ3) is 4.11. The lowest BCUT2D eigenvalue weighted by molar-refractivity contribution is -0.141. The molecule has 3 unspecified atom stereocenters. The van der Waals surface area contributed by atoms with Gasteiger partial charge in [-0.3, -0.25) is 4.79 Å². The van der Waals surface area contributed by atoms with Gasteiger partial charge in [0.25, 0.3) is 0 Å². The van der Waals surface area contributed by atoms with Crippen LogP contribution in [0.25, 0.3) is 0 Å². The van der Waals surface area contributed by atoms with Crippen LogP contribution in [0.2, 0.25) is 0 Å². The van der Waals surface area contributed by atoms with Crippen molar-refractivity contribution in [3.8, 4) is 0 Å². The Hall–Kier alpha value is -1.26. The van der Waals surface area contributed by atoms with Crippen molar-refractivity contribution < 1.29 is 14.7 Å². The number of nitrogens with zero attached hydrogens (tertiary/aromatic N) is 1. The summed E-state index contributed by atoms with van der Waals surface area (Å²) >= 11 is 0. The van der Waals surface area contributed by atoms with Crippen LogP contribution in [0.3, 0.4) is 0 Å². The smallest absolute Gasteiger partial charge is 0.317 e. The fraction of sp³-hybridized carbons (Fsp3) is 0.857. The lowest BCUT2D eigenvalue weighted by Crippen LogP contribution is -2.47. The maximum atomic E-state index is 12.2. The van der Waals surface area contributed by atoms with Crippen molar-refractivity contribution in [2.45, 2.75) is 65.0 Å². The van der Waals surface area contributed by atoms with Crippen molar-refractivity contribution in [2.24, 2.45) is 5.92 Å². The number of hydrogen-bond acceptors (Lipinski definition) is 2. The first kappa shape index (κ1) is 15.8. The van der Waals surface area contributed by atoms with E-state index in [-0.39, 0.29) is 18.6 Å². The van der Waals surface area contributed by atoms with E-state index in [1.807, 2.05) is 11.8 Å². The summed E-state index contributed by atoms with van der Waals surface area (Å²) in [7, 11) is 0. The number of likely N-dealkylation sites (tertiary alicyclic amines) is 1. The fourth-order valence-corrected chi connectivity index (χ4v) is 2.80. The predicted octanol–water partition coefficient (Wildman–Crippen LogP) is 2.46. The number of hydrogen-bond donors (Lipinski definition) is 2. The molecule has 0 saturated carbocycles. The second-order valence-corrected chi connectivity index (χ2v) is 5.41. The number of rotatable bonds is 6. The lowest BCUT2D eigenvalue weighted by Gasteiger charge is -2.28. The van der Waals surface area contributed by atoms with Crippen molar-refractivity contribution in [2.75, 3.05) is 6.54 Å². The monoisotopic (exact) mass is 270 g/mol. The van der Waals surface area contributed by atoms with Gasteiger partial charge in [-0.05, 0) is 32.6 Å². The van der Waals surface area contributed by atoms with Crippen LogP contribution >= 0.6 is 0 Å². The number of carbonyl (C=O) groups is 2. The number of carboxylic acid groups (broad SMARTS) is 1. The van der Waals surface area contributed by atoms with Crippen molar-refractivity contribution in [1.29, 1.82) is 0 Å². The van der Waals surface area contributed by atoms with Crippen LogP contribution in [0.5, 0.6) is 0 Å². The number of aliphatic carboxylic acids is 1. The van der Waals surface area contributed by atoms with E-state index in [0.29, 0.717) is 12.5 Å². The van der Waals surface area contributed by atoms with Gasteiger partial charge in [0.2, 0.25) is 0 Å². The van der Waals surface area contributed by atoms with Crippen LogP contribution in [-0.2, 0) is 4.79 Å². The summed E-state index contributed by atoms with van der Waals surface area (Å²) in [5, 5.41) is 11.9. The molecule has 3 atom stereocenters. The van der Waals surface area contributed by atoms with Gasteiger partial charge >= 0.3 is 12.0 Å². The Morgan fingerprint density at radius 2 is 2.05 bits per heavy atom. The Kier molecular flexibility index (Phi) is 6.12. The molecule has 0 bridgehead atoms. The molecule has 0 radical (unpaired) electrons. The van der Waals surface area contributed by atoms with Gasteiger partial charge < -0.3 is 15.3 Å². The maximum absolute atomic E-state index is 12.2. The molecule has 0 aromatic rings. The second kappa shape index (κ2) is 7.36. The minimum absolute atomic E-state index is 0.112. The third-order valence-corrected chi connectivity index (χ3v) is 3.98. The van der Waals surface area contributed by atoms with Gasteiger partial charge in [0.1, 0.15) is 0 Å². The SMILES string of the molecule is CCCC(CNC(=O)N1C(C)CCC1CC)C(=O)O. The average molecular weight is 270 g/mol. The number of carboxylic acids is 1. The molecule has 1 aliphatic heterocycles. The van der Waals surface area contributed by atoms with Crippen LogP contribution < -0.4 is 5.32 Å². The molecule has 2 N–H and O–H groups in total. The molecule has 1 saturated heterocycles. The van der Waals surface area contributed by atoms with E-state index in [2.05, 4.69) is 19.2 Å². The molecule has 0 aromatic heterocycles. The first-order valence-electron chi connectivity index (χ1n) is 7.30. The van der Waals surface area contributed by atoms with Gasteiger partial charge in [-0.15, -0.1) is 0 Å². The summed E-state index contributed by atoms with van der Waals surface area (Å²) in [6.45, 7) is 6.31. The van der Waals surface area contributed by atoms with Crippen LogP contribution in [0, 0.1) is 5.92 Å². The van der Waals surface area contributed by atoms with E-state index >= 15 is 0 Å². The van der Waals surface area contributed by atoms with E-state index in [4.69, 9.17) is 5.11 Å². The molecule has 2 amide bonds. The molecule has 5 nitrogen and oxygen atoms in total. The van der Waals surface area contributed by atoms with E-state index in [1.165, 1.54) is 0 Å². The summed E-state index contributed by atoms with van der Waals surface area (Å²) in [6, 6.07) is 0.433. The molecule has 0 aromatic carbocycles. The Balaban J connectivity index is 2.51. The van der Waals surface area contributed by atoms with E-state index in [0.717, 1.165) is 25.7 Å². The van der Waals surface area contributed by atoms with Crippen molar-refractivity contribution in [3.63, 3.8) is 0 Å². The highest BCUT2D eigenvalue weighted by Gasteiger charge is 2.33. The highest BCUT2D eigenvalue weighted by Crippen LogP contribution is 2.25. The normalized spacial score (nSPS) is 24.3. The minimum Gasteiger partial charge on any atom is -0.481 e. The zero-order valence-corrected chi connectivity index (χ0v) is 12.2. The van der Waals surface area contributed by atoms with Crippen molar-refractivity contribution in [1.82, 2.24) is 10.2 Å². The van der Waals surface area contributed by atoms with Crippen LogP contribution in [0.15, 0.2) is 0 Å². The molecular formula is C14H26N2O3. The zero-order valence-electron chi connectivity index (χ0n) is 12.2. The first-order chi connectivity index (χ1) is 9.01. The summed E-state index contributed by atoms with van der Waals surface area (Å²) in [5.41, 5.74) is 0. The largest absolute Gasteiger partial charge is 0.481 e. The quantitative estimate of drug-likeness (QED) is 0.779. The van der Waals surface area contributed by atoms with Crippen LogP contribution in [0.4, 0.5) is 4.79 Å². The van der Waals surface area contributed by atoms with Gasteiger partial charge in [0.05, 0.1) is 5.92 Å². The van der Waals surface area contributed by atoms with Gasteiger partial charge in [0, 0.05) is 18.6 Å². The highest BCUT2D eigenvalue weighted by molar-refractivity contribution is 5.76. The Morgan fingerprint density at radius 3 is 2.58 bits per heavy atom. The lowest BCUT2D eigenvalue weighted by atomic mass is 10.0. The van der Waals surface area contributed by atoms with E-state index < -0.39 is 11.9 Å². The minimum atomic E-state index is -0.830. The number of amides is 2. The summed E-state index contributed by atoms with van der Waals surface area (Å²) in [4.78, 5) is 25.1. The molecule has 5 heteroatoms. The van der Waals surface area contributed by atoms with Crippen molar-refractivity contribution in [3.05, 3.63) is 0 Å². The standard InChI is InChI=1S/C14H26N2O3/c1-4-6-11(13(17)18)9-15-14(19)16-10(3)7-8-12(16)5-2/h10-12H,4-9H2,1-3H3,(H,15,19)(H,17,18). The van der Waals surface area contributed by atoms with Crippen LogP contribution in [0.1, 0.15) is 52.9 Å². The highest BCUT2D eigenvalue weighted by atomic mass is 16.4. The molecule has 1 rings (SSSR count). The molecule has 19 heavy (non-hydrogen) atoms. The van der Waals surface area contributed by atoms with Gasteiger partial charge in [-0.1, -0.05) is 20.3 Å². The third-order valence-electron chi connectivity index (χ3n) is 3.98. The van der Waals surface area contributed by atoms with Crippen LogP contribution in [-0.4, -0.2) is 40.6 Å². The summed E-state index contributed by atoms with van der Waals surface area (Å²) in [6.07, 6.45) is 4.44. The van der Waals surface area contributed by atoms with Gasteiger partial charge in [0.15, 0.2) is 0 Å². The molecule has 1 heterocycles. The average Bonchev–Trinajstić information content (AvgIpc) is 2.74. The van der Waals surface area contributed by atoms with Crippen molar-refractivity contribution >= 4 is 12.0 Å². The van der Waals surface area contributed by atoms with Gasteiger partial charge in [-0.25, -0.2) is 4.79 Å².